The Morgan fingerprint density at radius 3 is 2.64 bits per heavy atom. The van der Waals surface area contributed by atoms with Crippen molar-refractivity contribution in [2.24, 2.45) is 17.3 Å². The molecule has 25 heavy (non-hydrogen) atoms. The summed E-state index contributed by atoms with van der Waals surface area (Å²) in [6.07, 6.45) is 6.24. The lowest BCUT2D eigenvalue weighted by atomic mass is 9.74. The van der Waals surface area contributed by atoms with Gasteiger partial charge in [0.05, 0.1) is 11.7 Å². The van der Waals surface area contributed by atoms with E-state index in [1.807, 2.05) is 20.0 Å². The highest BCUT2D eigenvalue weighted by Crippen LogP contribution is 2.40. The predicted molar refractivity (Wildman–Crippen MR) is 100 cm³/mol. The number of hydrogen-bond donors (Lipinski definition) is 1. The van der Waals surface area contributed by atoms with Crippen molar-refractivity contribution in [3.63, 3.8) is 0 Å². The molecular weight excluding hydrogens is 312 g/mol. The number of nitrogens with zero attached hydrogens (tertiary/aromatic N) is 3. The van der Waals surface area contributed by atoms with Gasteiger partial charge in [0.25, 0.3) is 0 Å². The molecule has 5 nitrogen and oxygen atoms in total. The smallest absolute Gasteiger partial charge is 0.225 e. The Hall–Kier alpha value is -1.65. The first kappa shape index (κ1) is 18.2. The van der Waals surface area contributed by atoms with Gasteiger partial charge >= 0.3 is 0 Å². The van der Waals surface area contributed by atoms with E-state index in [0.717, 1.165) is 49.1 Å². The molecule has 2 heterocycles. The first-order chi connectivity index (χ1) is 11.7. The van der Waals surface area contributed by atoms with Crippen LogP contribution in [-0.2, 0) is 11.2 Å². The summed E-state index contributed by atoms with van der Waals surface area (Å²) in [6.45, 7) is 12.8. The van der Waals surface area contributed by atoms with Crippen LogP contribution >= 0.6 is 0 Å². The van der Waals surface area contributed by atoms with Crippen LogP contribution in [0.2, 0.25) is 0 Å². The van der Waals surface area contributed by atoms with Gasteiger partial charge in [0, 0.05) is 30.8 Å². The molecule has 1 aliphatic carbocycles. The number of aromatic nitrogens is 2. The van der Waals surface area contributed by atoms with Crippen LogP contribution in [0.1, 0.15) is 71.2 Å². The Balaban J connectivity index is 1.85. The van der Waals surface area contributed by atoms with Gasteiger partial charge in [0.2, 0.25) is 11.9 Å². The number of rotatable bonds is 3. The Morgan fingerprint density at radius 2 is 2.00 bits per heavy atom. The molecular formula is C20H32N4O. The zero-order valence-corrected chi connectivity index (χ0v) is 16.3. The summed E-state index contributed by atoms with van der Waals surface area (Å²) in [5.41, 5.74) is 2.33. The number of nitrogens with one attached hydrogen (secondary N) is 1. The summed E-state index contributed by atoms with van der Waals surface area (Å²) in [6, 6.07) is 0.0177. The molecule has 1 fully saturated rings. The highest BCUT2D eigenvalue weighted by molar-refractivity contribution is 5.78. The van der Waals surface area contributed by atoms with Crippen LogP contribution < -0.4 is 10.2 Å². The molecule has 1 N–H and O–H groups in total. The summed E-state index contributed by atoms with van der Waals surface area (Å²) in [4.78, 5) is 24.1. The molecule has 138 valence electrons. The minimum atomic E-state index is -0.0102. The standard InChI is InChI=1S/C20H32N4O/c1-13(2)18(25)22-16-10-20(4,5)11-17-15(16)12-21-19(23-17)24-8-6-14(3)7-9-24/h12-14,16H,6-11H2,1-5H3,(H,22,25)/t16-/m1/s1. The normalized spacial score (nSPS) is 23.4. The Morgan fingerprint density at radius 1 is 1.32 bits per heavy atom. The van der Waals surface area contributed by atoms with E-state index < -0.39 is 0 Å². The van der Waals surface area contributed by atoms with E-state index in [1.165, 1.54) is 12.8 Å². The van der Waals surface area contributed by atoms with Crippen molar-refractivity contribution in [2.45, 2.75) is 66.3 Å². The fourth-order valence-electron chi connectivity index (χ4n) is 3.86. The third kappa shape index (κ3) is 4.13. The third-order valence-electron chi connectivity index (χ3n) is 5.57. The Kier molecular flexibility index (Phi) is 5.03. The second kappa shape index (κ2) is 6.93. The van der Waals surface area contributed by atoms with Crippen molar-refractivity contribution in [3.05, 3.63) is 17.5 Å². The Bertz CT molecular complexity index is 633. The molecule has 1 saturated heterocycles. The molecule has 1 atom stereocenters. The molecule has 2 aliphatic rings. The highest BCUT2D eigenvalue weighted by atomic mass is 16.1. The molecule has 0 aromatic carbocycles. The molecule has 1 aromatic heterocycles. The first-order valence-electron chi connectivity index (χ1n) is 9.66. The molecule has 0 saturated carbocycles. The van der Waals surface area contributed by atoms with Gasteiger partial charge in [-0.1, -0.05) is 34.6 Å². The number of piperidine rings is 1. The van der Waals surface area contributed by atoms with Crippen LogP contribution in [-0.4, -0.2) is 29.0 Å². The summed E-state index contributed by atoms with van der Waals surface area (Å²) in [7, 11) is 0. The summed E-state index contributed by atoms with van der Waals surface area (Å²) < 4.78 is 0. The molecule has 3 rings (SSSR count). The van der Waals surface area contributed by atoms with Gasteiger partial charge in [-0.05, 0) is 37.0 Å². The van der Waals surface area contributed by atoms with E-state index in [0.29, 0.717) is 0 Å². The molecule has 1 amide bonds. The maximum absolute atomic E-state index is 12.2. The van der Waals surface area contributed by atoms with E-state index in [4.69, 9.17) is 4.98 Å². The number of carbonyl (C=O) groups excluding carboxylic acids is 1. The van der Waals surface area contributed by atoms with Crippen LogP contribution in [0.15, 0.2) is 6.20 Å². The zero-order valence-electron chi connectivity index (χ0n) is 16.3. The van der Waals surface area contributed by atoms with Gasteiger partial charge in [-0.2, -0.15) is 0 Å². The predicted octanol–water partition coefficient (Wildman–Crippen LogP) is 3.50. The largest absolute Gasteiger partial charge is 0.349 e. The van der Waals surface area contributed by atoms with Crippen LogP contribution in [0.4, 0.5) is 5.95 Å². The molecule has 0 bridgehead atoms. The van der Waals surface area contributed by atoms with E-state index >= 15 is 0 Å². The monoisotopic (exact) mass is 344 g/mol. The van der Waals surface area contributed by atoms with Crippen molar-refractivity contribution in [1.29, 1.82) is 0 Å². The van der Waals surface area contributed by atoms with Gasteiger partial charge in [-0.15, -0.1) is 0 Å². The lowest BCUT2D eigenvalue weighted by Gasteiger charge is -2.37. The fraction of sp³-hybridized carbons (Fsp3) is 0.750. The minimum absolute atomic E-state index is 0.0102. The van der Waals surface area contributed by atoms with Crippen molar-refractivity contribution in [1.82, 2.24) is 15.3 Å². The summed E-state index contributed by atoms with van der Waals surface area (Å²) in [5, 5.41) is 3.20. The van der Waals surface area contributed by atoms with Gasteiger partial charge < -0.3 is 10.2 Å². The van der Waals surface area contributed by atoms with Crippen molar-refractivity contribution in [2.75, 3.05) is 18.0 Å². The quantitative estimate of drug-likeness (QED) is 0.912. The van der Waals surface area contributed by atoms with Crippen LogP contribution in [0.25, 0.3) is 0 Å². The van der Waals surface area contributed by atoms with E-state index in [9.17, 15) is 4.79 Å². The Labute approximate surface area is 151 Å². The number of hydrogen-bond acceptors (Lipinski definition) is 4. The van der Waals surface area contributed by atoms with Crippen molar-refractivity contribution in [3.8, 4) is 0 Å². The second-order valence-corrected chi connectivity index (χ2v) is 9.00. The SMILES string of the molecule is CC1CCN(c2ncc3c(n2)CC(C)(C)C[C@H]3NC(=O)C(C)C)CC1. The maximum Gasteiger partial charge on any atom is 0.225 e. The third-order valence-corrected chi connectivity index (χ3v) is 5.57. The average Bonchev–Trinajstić information content (AvgIpc) is 2.53. The fourth-order valence-corrected chi connectivity index (χ4v) is 3.86. The highest BCUT2D eigenvalue weighted by Gasteiger charge is 2.35. The van der Waals surface area contributed by atoms with E-state index in [1.54, 1.807) is 0 Å². The molecule has 0 unspecified atom stereocenters. The minimum Gasteiger partial charge on any atom is -0.349 e. The molecule has 1 aliphatic heterocycles. The zero-order chi connectivity index (χ0) is 18.2. The van der Waals surface area contributed by atoms with Gasteiger partial charge in [-0.3, -0.25) is 4.79 Å². The van der Waals surface area contributed by atoms with Crippen molar-refractivity contribution < 1.29 is 4.79 Å². The lowest BCUT2D eigenvalue weighted by Crippen LogP contribution is -2.39. The molecule has 1 aromatic rings. The van der Waals surface area contributed by atoms with E-state index in [2.05, 4.69) is 36.0 Å². The maximum atomic E-state index is 12.2. The summed E-state index contributed by atoms with van der Waals surface area (Å²) >= 11 is 0. The number of amides is 1. The van der Waals surface area contributed by atoms with Gasteiger partial charge in [0.1, 0.15) is 0 Å². The molecule has 0 radical (unpaired) electrons. The molecule has 0 spiro atoms. The first-order valence-corrected chi connectivity index (χ1v) is 9.66. The van der Waals surface area contributed by atoms with Crippen LogP contribution in [0, 0.1) is 17.3 Å². The van der Waals surface area contributed by atoms with Crippen LogP contribution in [0.3, 0.4) is 0 Å². The van der Waals surface area contributed by atoms with Crippen molar-refractivity contribution >= 4 is 11.9 Å². The van der Waals surface area contributed by atoms with E-state index in [-0.39, 0.29) is 23.3 Å². The van der Waals surface area contributed by atoms with Crippen LogP contribution in [0.5, 0.6) is 0 Å². The molecule has 5 heteroatoms. The van der Waals surface area contributed by atoms with Gasteiger partial charge in [-0.25, -0.2) is 9.97 Å². The number of anilines is 1. The number of fused-ring (bicyclic) bond motifs is 1. The second-order valence-electron chi connectivity index (χ2n) is 9.00. The summed E-state index contributed by atoms with van der Waals surface area (Å²) in [5.74, 6) is 1.74. The average molecular weight is 345 g/mol. The van der Waals surface area contributed by atoms with Gasteiger partial charge in [0.15, 0.2) is 0 Å². The number of carbonyl (C=O) groups is 1. The lowest BCUT2D eigenvalue weighted by molar-refractivity contribution is -0.125. The topological polar surface area (TPSA) is 58.1 Å².